The molecule has 2 rings (SSSR count). The van der Waals surface area contributed by atoms with Crippen molar-refractivity contribution in [1.82, 2.24) is 9.55 Å². The summed E-state index contributed by atoms with van der Waals surface area (Å²) in [6.07, 6.45) is 3.17. The van der Waals surface area contributed by atoms with E-state index >= 15 is 0 Å². The highest BCUT2D eigenvalue weighted by atomic mass is 32.2. The van der Waals surface area contributed by atoms with Crippen molar-refractivity contribution < 1.29 is 12.6 Å². The third-order valence-electron chi connectivity index (χ3n) is 2.51. The van der Waals surface area contributed by atoms with E-state index in [0.717, 1.165) is 5.56 Å². The van der Waals surface area contributed by atoms with Gasteiger partial charge in [-0.25, -0.2) is 4.98 Å². The lowest BCUT2D eigenvalue weighted by Crippen LogP contribution is -2.13. The monoisotopic (exact) mass is 266 g/mol. The van der Waals surface area contributed by atoms with Crippen LogP contribution in [-0.2, 0) is 16.7 Å². The molecule has 0 amide bonds. The fourth-order valence-electron chi connectivity index (χ4n) is 1.48. The molecule has 0 unspecified atom stereocenters. The van der Waals surface area contributed by atoms with E-state index in [1.54, 1.807) is 22.9 Å². The summed E-state index contributed by atoms with van der Waals surface area (Å²) in [4.78, 5) is 4.00. The van der Waals surface area contributed by atoms with Gasteiger partial charge in [-0.05, 0) is 26.0 Å². The van der Waals surface area contributed by atoms with Crippen molar-refractivity contribution in [3.05, 3.63) is 42.2 Å². The molecular formula is C12H14N2O3S. The lowest BCUT2D eigenvalue weighted by Gasteiger charge is -2.07. The average Bonchev–Trinajstić information content (AvgIpc) is 2.76. The molecule has 0 saturated heterocycles. The van der Waals surface area contributed by atoms with Gasteiger partial charge < -0.3 is 8.75 Å². The number of benzene rings is 1. The Bertz CT molecular complexity index is 630. The van der Waals surface area contributed by atoms with Crippen LogP contribution in [0.5, 0.6) is 6.01 Å². The molecule has 18 heavy (non-hydrogen) atoms. The second-order valence-electron chi connectivity index (χ2n) is 3.85. The molecule has 96 valence electrons. The van der Waals surface area contributed by atoms with E-state index in [2.05, 4.69) is 4.98 Å². The maximum absolute atomic E-state index is 12.0. The van der Waals surface area contributed by atoms with Crippen molar-refractivity contribution >= 4 is 10.1 Å². The molecule has 1 aromatic heterocycles. The smallest absolute Gasteiger partial charge is 0.341 e. The molecule has 1 aromatic carbocycles. The molecule has 0 aliphatic carbocycles. The van der Waals surface area contributed by atoms with Gasteiger partial charge in [0.25, 0.3) is 0 Å². The average molecular weight is 266 g/mol. The summed E-state index contributed by atoms with van der Waals surface area (Å²) in [5, 5.41) is 0. The Labute approximate surface area is 106 Å². The molecule has 0 fully saturated rings. The van der Waals surface area contributed by atoms with Gasteiger partial charge in [0.15, 0.2) is 0 Å². The summed E-state index contributed by atoms with van der Waals surface area (Å²) in [5.74, 6) is 0. The SMILES string of the molecule is CCn1ccnc1OS(=O)(=O)c1ccc(C)cc1. The molecule has 0 saturated carbocycles. The standard InChI is InChI=1S/C12H14N2O3S/c1-3-14-9-8-13-12(14)17-18(15,16)11-6-4-10(2)5-7-11/h4-9H,3H2,1-2H3. The highest BCUT2D eigenvalue weighted by Crippen LogP contribution is 2.17. The van der Waals surface area contributed by atoms with Crippen LogP contribution in [0.15, 0.2) is 41.6 Å². The van der Waals surface area contributed by atoms with Gasteiger partial charge in [0.2, 0.25) is 0 Å². The number of aryl methyl sites for hydroxylation is 2. The van der Waals surface area contributed by atoms with Gasteiger partial charge in [-0.3, -0.25) is 0 Å². The molecule has 0 radical (unpaired) electrons. The van der Waals surface area contributed by atoms with Crippen molar-refractivity contribution in [2.45, 2.75) is 25.3 Å². The van der Waals surface area contributed by atoms with Gasteiger partial charge in [-0.2, -0.15) is 8.42 Å². The Morgan fingerprint density at radius 2 is 1.94 bits per heavy atom. The largest absolute Gasteiger partial charge is 0.341 e. The molecule has 0 aliphatic rings. The van der Waals surface area contributed by atoms with Crippen LogP contribution in [0.25, 0.3) is 0 Å². The van der Waals surface area contributed by atoms with Crippen LogP contribution in [0.3, 0.4) is 0 Å². The van der Waals surface area contributed by atoms with Crippen LogP contribution < -0.4 is 4.18 Å². The van der Waals surface area contributed by atoms with E-state index in [1.165, 1.54) is 18.3 Å². The van der Waals surface area contributed by atoms with Crippen LogP contribution in [0.4, 0.5) is 0 Å². The first-order valence-electron chi connectivity index (χ1n) is 5.55. The fraction of sp³-hybridized carbons (Fsp3) is 0.250. The number of aromatic nitrogens is 2. The van der Waals surface area contributed by atoms with E-state index in [4.69, 9.17) is 4.18 Å². The summed E-state index contributed by atoms with van der Waals surface area (Å²) in [6, 6.07) is 6.57. The number of hydrogen-bond acceptors (Lipinski definition) is 4. The van der Waals surface area contributed by atoms with Crippen molar-refractivity contribution in [3.63, 3.8) is 0 Å². The molecular weight excluding hydrogens is 252 g/mol. The number of imidazole rings is 1. The Kier molecular flexibility index (Phi) is 3.38. The van der Waals surface area contributed by atoms with Crippen LogP contribution in [0, 0.1) is 6.92 Å². The molecule has 0 atom stereocenters. The Morgan fingerprint density at radius 1 is 1.28 bits per heavy atom. The first-order valence-corrected chi connectivity index (χ1v) is 6.96. The van der Waals surface area contributed by atoms with Crippen LogP contribution in [-0.4, -0.2) is 18.0 Å². The highest BCUT2D eigenvalue weighted by molar-refractivity contribution is 7.87. The molecule has 2 aromatic rings. The Hall–Kier alpha value is -1.82. The van der Waals surface area contributed by atoms with Gasteiger partial charge in [0, 0.05) is 18.9 Å². The molecule has 0 bridgehead atoms. The fourth-order valence-corrected chi connectivity index (χ4v) is 2.38. The summed E-state index contributed by atoms with van der Waals surface area (Å²) in [5.41, 5.74) is 0.990. The Balaban J connectivity index is 2.30. The quantitative estimate of drug-likeness (QED) is 0.794. The topological polar surface area (TPSA) is 61.2 Å². The van der Waals surface area contributed by atoms with E-state index in [0.29, 0.717) is 6.54 Å². The first-order chi connectivity index (χ1) is 8.53. The molecule has 1 heterocycles. The maximum atomic E-state index is 12.0. The summed E-state index contributed by atoms with van der Waals surface area (Å²) in [6.45, 7) is 4.37. The first kappa shape index (κ1) is 12.6. The van der Waals surface area contributed by atoms with E-state index in [9.17, 15) is 8.42 Å². The van der Waals surface area contributed by atoms with E-state index < -0.39 is 10.1 Å². The highest BCUT2D eigenvalue weighted by Gasteiger charge is 2.18. The predicted molar refractivity (Wildman–Crippen MR) is 66.9 cm³/mol. The second kappa shape index (κ2) is 4.81. The summed E-state index contributed by atoms with van der Waals surface area (Å²) in [7, 11) is -3.82. The number of nitrogens with zero attached hydrogens (tertiary/aromatic N) is 2. The molecule has 6 heteroatoms. The minimum atomic E-state index is -3.82. The zero-order valence-electron chi connectivity index (χ0n) is 10.2. The number of rotatable bonds is 4. The number of hydrogen-bond donors (Lipinski definition) is 0. The third-order valence-corrected chi connectivity index (χ3v) is 3.73. The maximum Gasteiger partial charge on any atom is 0.341 e. The van der Waals surface area contributed by atoms with Gasteiger partial charge in [-0.1, -0.05) is 17.7 Å². The second-order valence-corrected chi connectivity index (χ2v) is 5.39. The zero-order valence-corrected chi connectivity index (χ0v) is 11.0. The molecule has 0 spiro atoms. The molecule has 0 N–H and O–H groups in total. The lowest BCUT2D eigenvalue weighted by molar-refractivity contribution is 0.445. The zero-order chi connectivity index (χ0) is 13.2. The van der Waals surface area contributed by atoms with Crippen molar-refractivity contribution in [1.29, 1.82) is 0 Å². The van der Waals surface area contributed by atoms with Crippen LogP contribution >= 0.6 is 0 Å². The van der Waals surface area contributed by atoms with E-state index in [1.807, 2.05) is 13.8 Å². The summed E-state index contributed by atoms with van der Waals surface area (Å²) < 4.78 is 30.6. The molecule has 5 nitrogen and oxygen atoms in total. The van der Waals surface area contributed by atoms with Gasteiger partial charge >= 0.3 is 16.1 Å². The normalized spacial score (nSPS) is 11.4. The lowest BCUT2D eigenvalue weighted by atomic mass is 10.2. The predicted octanol–water partition coefficient (Wildman–Crippen LogP) is 1.98. The third kappa shape index (κ3) is 2.53. The van der Waals surface area contributed by atoms with Crippen LogP contribution in [0.1, 0.15) is 12.5 Å². The van der Waals surface area contributed by atoms with Gasteiger partial charge in [-0.15, -0.1) is 0 Å². The minimum absolute atomic E-state index is 0.0816. The molecule has 0 aliphatic heterocycles. The minimum Gasteiger partial charge on any atom is -0.341 e. The van der Waals surface area contributed by atoms with E-state index in [-0.39, 0.29) is 10.9 Å². The van der Waals surface area contributed by atoms with Crippen molar-refractivity contribution in [3.8, 4) is 6.01 Å². The Morgan fingerprint density at radius 3 is 2.56 bits per heavy atom. The van der Waals surface area contributed by atoms with Gasteiger partial charge in [0.05, 0.1) is 0 Å². The van der Waals surface area contributed by atoms with Crippen LogP contribution in [0.2, 0.25) is 0 Å². The van der Waals surface area contributed by atoms with Gasteiger partial charge in [0.1, 0.15) is 4.90 Å². The van der Waals surface area contributed by atoms with Crippen molar-refractivity contribution in [2.24, 2.45) is 0 Å². The summed E-state index contributed by atoms with van der Waals surface area (Å²) >= 11 is 0. The van der Waals surface area contributed by atoms with Crippen molar-refractivity contribution in [2.75, 3.05) is 0 Å².